The van der Waals surface area contributed by atoms with E-state index in [1.807, 2.05) is 4.68 Å². The maximum Gasteiger partial charge on any atom is 0.347 e. The van der Waals surface area contributed by atoms with E-state index in [0.29, 0.717) is 16.6 Å². The van der Waals surface area contributed by atoms with Gasteiger partial charge in [-0.1, -0.05) is 13.3 Å². The molecule has 0 saturated heterocycles. The Morgan fingerprint density at radius 3 is 3.17 bits per heavy atom. The predicted octanol–water partition coefficient (Wildman–Crippen LogP) is 1.85. The van der Waals surface area contributed by atoms with E-state index in [1.54, 1.807) is 6.20 Å². The molecule has 6 heteroatoms. The first-order valence-electron chi connectivity index (χ1n) is 5.97. The summed E-state index contributed by atoms with van der Waals surface area (Å²) in [7, 11) is 0. The molecule has 0 aromatic carbocycles. The number of pyridine rings is 1. The average molecular weight is 246 g/mol. The molecule has 18 heavy (non-hydrogen) atoms. The molecule has 0 spiro atoms. The smallest absolute Gasteiger partial charge is 0.347 e. The lowest BCUT2D eigenvalue weighted by Crippen LogP contribution is -2.02. The van der Waals surface area contributed by atoms with Gasteiger partial charge in [-0.05, 0) is 6.42 Å². The van der Waals surface area contributed by atoms with Gasteiger partial charge >= 0.3 is 5.63 Å². The molecule has 0 saturated carbocycles. The number of rotatable bonds is 3. The van der Waals surface area contributed by atoms with Crippen molar-refractivity contribution >= 4 is 27.6 Å². The van der Waals surface area contributed by atoms with Gasteiger partial charge in [0, 0.05) is 12.7 Å². The molecule has 0 aliphatic rings. The van der Waals surface area contributed by atoms with Crippen molar-refractivity contribution in [3.05, 3.63) is 22.9 Å². The number of furan rings is 1. The second kappa shape index (κ2) is 3.90. The monoisotopic (exact) mass is 246 g/mol. The Morgan fingerprint density at radius 2 is 2.39 bits per heavy atom. The third-order valence-electron chi connectivity index (χ3n) is 3.12. The Kier molecular flexibility index (Phi) is 2.36. The highest BCUT2D eigenvalue weighted by atomic mass is 16.4. The van der Waals surface area contributed by atoms with Crippen molar-refractivity contribution in [3.8, 4) is 0 Å². The summed E-state index contributed by atoms with van der Waals surface area (Å²) in [4.78, 5) is 15.9. The van der Waals surface area contributed by atoms with Gasteiger partial charge < -0.3 is 15.2 Å². The first-order chi connectivity index (χ1) is 8.72. The highest BCUT2D eigenvalue weighted by Gasteiger charge is 2.14. The first kappa shape index (κ1) is 10.9. The number of nitrogen functional groups attached to an aromatic ring is 1. The zero-order valence-electron chi connectivity index (χ0n) is 10.1. The molecule has 3 rings (SSSR count). The SMILES string of the molecule is CCCCn1[nH]cc2c(N)c3c(=O)occ3nc21. The quantitative estimate of drug-likeness (QED) is 0.738. The fourth-order valence-corrected chi connectivity index (χ4v) is 2.13. The summed E-state index contributed by atoms with van der Waals surface area (Å²) in [6, 6.07) is 0. The van der Waals surface area contributed by atoms with E-state index in [0.717, 1.165) is 30.4 Å². The molecule has 6 nitrogen and oxygen atoms in total. The molecule has 0 bridgehead atoms. The second-order valence-corrected chi connectivity index (χ2v) is 4.32. The number of hydrogen-bond acceptors (Lipinski definition) is 4. The van der Waals surface area contributed by atoms with E-state index in [1.165, 1.54) is 6.26 Å². The minimum absolute atomic E-state index is 0.365. The third kappa shape index (κ3) is 1.42. The zero-order chi connectivity index (χ0) is 12.7. The van der Waals surface area contributed by atoms with Gasteiger partial charge in [-0.25, -0.2) is 9.78 Å². The van der Waals surface area contributed by atoms with Crippen molar-refractivity contribution in [2.75, 3.05) is 5.73 Å². The molecule has 3 aromatic heterocycles. The van der Waals surface area contributed by atoms with E-state index in [2.05, 4.69) is 17.0 Å². The summed E-state index contributed by atoms with van der Waals surface area (Å²) in [5.41, 5.74) is 7.27. The van der Waals surface area contributed by atoms with E-state index in [9.17, 15) is 4.79 Å². The maximum absolute atomic E-state index is 11.5. The van der Waals surface area contributed by atoms with E-state index in [-0.39, 0.29) is 0 Å². The highest BCUT2D eigenvalue weighted by molar-refractivity contribution is 6.04. The second-order valence-electron chi connectivity index (χ2n) is 4.32. The normalized spacial score (nSPS) is 11.6. The van der Waals surface area contributed by atoms with Crippen molar-refractivity contribution in [1.29, 1.82) is 0 Å². The lowest BCUT2D eigenvalue weighted by molar-refractivity contribution is 0.534. The molecule has 0 radical (unpaired) electrons. The number of unbranched alkanes of at least 4 members (excludes halogenated alkanes) is 1. The van der Waals surface area contributed by atoms with Crippen LogP contribution in [0.5, 0.6) is 0 Å². The van der Waals surface area contributed by atoms with Gasteiger partial charge in [0.2, 0.25) is 0 Å². The summed E-state index contributed by atoms with van der Waals surface area (Å²) in [6.07, 6.45) is 5.28. The van der Waals surface area contributed by atoms with Gasteiger partial charge in [-0.2, -0.15) is 0 Å². The van der Waals surface area contributed by atoms with E-state index >= 15 is 0 Å². The van der Waals surface area contributed by atoms with Gasteiger partial charge in [-0.15, -0.1) is 0 Å². The van der Waals surface area contributed by atoms with Crippen LogP contribution in [0.15, 0.2) is 21.7 Å². The fraction of sp³-hybridized carbons (Fsp3) is 0.333. The molecular formula is C12H14N4O2. The van der Waals surface area contributed by atoms with Gasteiger partial charge in [-0.3, -0.25) is 4.68 Å². The predicted molar refractivity (Wildman–Crippen MR) is 69.4 cm³/mol. The Labute approximate surface area is 102 Å². The van der Waals surface area contributed by atoms with Crippen molar-refractivity contribution < 1.29 is 4.42 Å². The number of aromatic amines is 1. The molecule has 3 N–H and O–H groups in total. The number of nitrogens with zero attached hydrogens (tertiary/aromatic N) is 2. The maximum atomic E-state index is 11.5. The Morgan fingerprint density at radius 1 is 1.56 bits per heavy atom. The summed E-state index contributed by atoms with van der Waals surface area (Å²) >= 11 is 0. The topological polar surface area (TPSA) is 89.8 Å². The number of anilines is 1. The van der Waals surface area contributed by atoms with Crippen LogP contribution < -0.4 is 11.4 Å². The van der Waals surface area contributed by atoms with Gasteiger partial charge in [0.05, 0.1) is 11.1 Å². The molecule has 94 valence electrons. The number of aromatic nitrogens is 3. The van der Waals surface area contributed by atoms with Gasteiger partial charge in [0.1, 0.15) is 17.2 Å². The largest absolute Gasteiger partial charge is 0.428 e. The van der Waals surface area contributed by atoms with E-state index < -0.39 is 5.63 Å². The van der Waals surface area contributed by atoms with Crippen LogP contribution in [0.1, 0.15) is 19.8 Å². The average Bonchev–Trinajstić information content (AvgIpc) is 2.92. The lowest BCUT2D eigenvalue weighted by atomic mass is 10.2. The van der Waals surface area contributed by atoms with Crippen molar-refractivity contribution in [2.45, 2.75) is 26.3 Å². The number of hydrogen-bond donors (Lipinski definition) is 2. The molecule has 0 fully saturated rings. The van der Waals surface area contributed by atoms with Gasteiger partial charge in [0.25, 0.3) is 0 Å². The standard InChI is InChI=1S/C12H14N4O2/c1-2-3-4-16-11-7(5-14-16)10(13)9-8(15-11)6-18-12(9)17/h5-6,14H,2-4,13H2,1H3. The van der Waals surface area contributed by atoms with Crippen molar-refractivity contribution in [3.63, 3.8) is 0 Å². The van der Waals surface area contributed by atoms with Crippen LogP contribution in [0.25, 0.3) is 21.9 Å². The summed E-state index contributed by atoms with van der Waals surface area (Å²) < 4.78 is 6.78. The number of H-pyrrole nitrogens is 1. The number of nitrogens with one attached hydrogen (secondary N) is 1. The Balaban J connectivity index is 2.30. The van der Waals surface area contributed by atoms with E-state index in [4.69, 9.17) is 10.2 Å². The lowest BCUT2D eigenvalue weighted by Gasteiger charge is -2.03. The van der Waals surface area contributed by atoms with Crippen LogP contribution in [0.4, 0.5) is 5.69 Å². The van der Waals surface area contributed by atoms with Crippen molar-refractivity contribution in [2.24, 2.45) is 0 Å². The number of aryl methyl sites for hydroxylation is 1. The van der Waals surface area contributed by atoms with Crippen LogP contribution in [-0.2, 0) is 6.54 Å². The van der Waals surface area contributed by atoms with Crippen LogP contribution in [0.3, 0.4) is 0 Å². The zero-order valence-corrected chi connectivity index (χ0v) is 10.1. The minimum atomic E-state index is -0.432. The van der Waals surface area contributed by atoms with Crippen LogP contribution >= 0.6 is 0 Å². The summed E-state index contributed by atoms with van der Waals surface area (Å²) in [5.74, 6) is 0. The Bertz CT molecular complexity index is 765. The van der Waals surface area contributed by atoms with Gasteiger partial charge in [0.15, 0.2) is 5.65 Å². The van der Waals surface area contributed by atoms with Crippen molar-refractivity contribution in [1.82, 2.24) is 14.8 Å². The minimum Gasteiger partial charge on any atom is -0.428 e. The molecule has 0 unspecified atom stereocenters. The summed E-state index contributed by atoms with van der Waals surface area (Å²) in [5, 5.41) is 4.24. The van der Waals surface area contributed by atoms with Crippen LogP contribution in [0.2, 0.25) is 0 Å². The molecule has 0 atom stereocenters. The highest BCUT2D eigenvalue weighted by Crippen LogP contribution is 2.26. The number of fused-ring (bicyclic) bond motifs is 2. The molecule has 0 aliphatic carbocycles. The third-order valence-corrected chi connectivity index (χ3v) is 3.12. The van der Waals surface area contributed by atoms with Crippen LogP contribution in [-0.4, -0.2) is 14.8 Å². The fourth-order valence-electron chi connectivity index (χ4n) is 2.13. The number of nitrogens with two attached hydrogens (primary N) is 1. The molecule has 0 aliphatic heterocycles. The first-order valence-corrected chi connectivity index (χ1v) is 5.97. The van der Waals surface area contributed by atoms with Crippen LogP contribution in [0, 0.1) is 0 Å². The molecular weight excluding hydrogens is 232 g/mol. The molecule has 3 aromatic rings. The summed E-state index contributed by atoms with van der Waals surface area (Å²) in [6.45, 7) is 2.98. The molecule has 3 heterocycles. The molecule has 0 amide bonds. The Hall–Kier alpha value is -2.24.